The van der Waals surface area contributed by atoms with E-state index in [1.807, 2.05) is 22.6 Å². The summed E-state index contributed by atoms with van der Waals surface area (Å²) in [5, 5.41) is 0. The number of esters is 1. The van der Waals surface area contributed by atoms with Crippen LogP contribution in [-0.4, -0.2) is 12.6 Å². The molecule has 18 heavy (non-hydrogen) atoms. The number of ether oxygens (including phenoxy) is 1. The minimum Gasteiger partial charge on any atom is -0.466 e. The number of hydrogen-bond acceptors (Lipinski definition) is 2. The van der Waals surface area contributed by atoms with Gasteiger partial charge in [0.2, 0.25) is 0 Å². The van der Waals surface area contributed by atoms with E-state index in [1.54, 1.807) is 13.0 Å². The topological polar surface area (TPSA) is 26.3 Å². The molecule has 0 unspecified atom stereocenters. The Morgan fingerprint density at radius 1 is 1.39 bits per heavy atom. The molecule has 6 heteroatoms. The Labute approximate surface area is 117 Å². The molecule has 0 N–H and O–H groups in total. The second kappa shape index (κ2) is 6.40. The predicted octanol–water partition coefficient (Wildman–Crippen LogP) is 3.81. The van der Waals surface area contributed by atoms with Gasteiger partial charge >= 0.3 is 12.1 Å². The van der Waals surface area contributed by atoms with Crippen LogP contribution in [0, 0.1) is 3.57 Å². The number of halogens is 4. The summed E-state index contributed by atoms with van der Waals surface area (Å²) in [6.45, 7) is 1.89. The molecule has 0 aliphatic rings. The van der Waals surface area contributed by atoms with Crippen molar-refractivity contribution in [1.82, 2.24) is 0 Å². The van der Waals surface area contributed by atoms with Crippen molar-refractivity contribution in [2.75, 3.05) is 6.61 Å². The smallest absolute Gasteiger partial charge is 0.416 e. The van der Waals surface area contributed by atoms with Gasteiger partial charge in [0.25, 0.3) is 0 Å². The first kappa shape index (κ1) is 15.3. The average Bonchev–Trinajstić information content (AvgIpc) is 2.26. The Bertz CT molecular complexity index is 430. The van der Waals surface area contributed by atoms with Crippen LogP contribution >= 0.6 is 22.6 Å². The number of rotatable bonds is 4. The van der Waals surface area contributed by atoms with Gasteiger partial charge in [0.1, 0.15) is 0 Å². The molecule has 1 rings (SSSR count). The molecular weight excluding hydrogens is 360 g/mol. The first-order valence-corrected chi connectivity index (χ1v) is 6.43. The standard InChI is InChI=1S/C12H12F3IO2/c1-2-18-11(17)6-4-8-3-5-9(16)7-10(8)12(13,14)15/h3,5,7H,2,4,6H2,1H3. The minimum atomic E-state index is -4.40. The number of hydrogen-bond donors (Lipinski definition) is 0. The van der Waals surface area contributed by atoms with Crippen LogP contribution in [0.15, 0.2) is 18.2 Å². The van der Waals surface area contributed by atoms with Crippen molar-refractivity contribution in [2.45, 2.75) is 25.9 Å². The number of carbonyl (C=O) groups is 1. The van der Waals surface area contributed by atoms with Crippen molar-refractivity contribution in [3.05, 3.63) is 32.9 Å². The molecule has 0 bridgehead atoms. The van der Waals surface area contributed by atoms with E-state index in [-0.39, 0.29) is 25.0 Å². The van der Waals surface area contributed by atoms with Gasteiger partial charge in [-0.25, -0.2) is 0 Å². The van der Waals surface area contributed by atoms with Gasteiger partial charge in [-0.3, -0.25) is 4.79 Å². The molecule has 1 aromatic rings. The van der Waals surface area contributed by atoms with E-state index in [2.05, 4.69) is 0 Å². The van der Waals surface area contributed by atoms with Gasteiger partial charge in [-0.05, 0) is 53.6 Å². The van der Waals surface area contributed by atoms with E-state index in [1.165, 1.54) is 6.07 Å². The molecular formula is C12H12F3IO2. The predicted molar refractivity (Wildman–Crippen MR) is 69.1 cm³/mol. The maximum absolute atomic E-state index is 12.8. The summed E-state index contributed by atoms with van der Waals surface area (Å²) in [6, 6.07) is 4.08. The van der Waals surface area contributed by atoms with Crippen LogP contribution in [0.5, 0.6) is 0 Å². The maximum Gasteiger partial charge on any atom is 0.416 e. The summed E-state index contributed by atoms with van der Waals surface area (Å²) in [4.78, 5) is 11.1. The van der Waals surface area contributed by atoms with Crippen molar-refractivity contribution in [1.29, 1.82) is 0 Å². The van der Waals surface area contributed by atoms with Gasteiger partial charge in [0.15, 0.2) is 0 Å². The van der Waals surface area contributed by atoms with Crippen molar-refractivity contribution >= 4 is 28.6 Å². The SMILES string of the molecule is CCOC(=O)CCc1ccc(I)cc1C(F)(F)F. The molecule has 0 atom stereocenters. The number of carbonyl (C=O) groups excluding carboxylic acids is 1. The van der Waals surface area contributed by atoms with Crippen LogP contribution in [0.3, 0.4) is 0 Å². The highest BCUT2D eigenvalue weighted by atomic mass is 127. The molecule has 2 nitrogen and oxygen atoms in total. The highest BCUT2D eigenvalue weighted by Gasteiger charge is 2.33. The lowest BCUT2D eigenvalue weighted by Crippen LogP contribution is -2.12. The van der Waals surface area contributed by atoms with E-state index >= 15 is 0 Å². The maximum atomic E-state index is 12.8. The quantitative estimate of drug-likeness (QED) is 0.594. The zero-order chi connectivity index (χ0) is 13.8. The average molecular weight is 372 g/mol. The summed E-state index contributed by atoms with van der Waals surface area (Å²) in [7, 11) is 0. The lowest BCUT2D eigenvalue weighted by atomic mass is 10.0. The van der Waals surface area contributed by atoms with Crippen LogP contribution < -0.4 is 0 Å². The molecule has 0 radical (unpaired) electrons. The molecule has 0 aliphatic heterocycles. The lowest BCUT2D eigenvalue weighted by Gasteiger charge is -2.13. The molecule has 0 aromatic heterocycles. The monoisotopic (exact) mass is 372 g/mol. The normalized spacial score (nSPS) is 11.4. The fourth-order valence-electron chi connectivity index (χ4n) is 1.50. The van der Waals surface area contributed by atoms with Crippen molar-refractivity contribution in [2.24, 2.45) is 0 Å². The van der Waals surface area contributed by atoms with Crippen molar-refractivity contribution in [3.8, 4) is 0 Å². The van der Waals surface area contributed by atoms with Gasteiger partial charge in [0.05, 0.1) is 12.2 Å². The second-order valence-electron chi connectivity index (χ2n) is 3.60. The third-order valence-electron chi connectivity index (χ3n) is 2.28. The molecule has 100 valence electrons. The summed E-state index contributed by atoms with van der Waals surface area (Å²) in [6.07, 6.45) is -4.41. The van der Waals surface area contributed by atoms with E-state index < -0.39 is 17.7 Å². The zero-order valence-corrected chi connectivity index (χ0v) is 11.8. The minimum absolute atomic E-state index is 0.0323. The van der Waals surface area contributed by atoms with Crippen LogP contribution in [0.1, 0.15) is 24.5 Å². The van der Waals surface area contributed by atoms with Gasteiger partial charge in [-0.15, -0.1) is 0 Å². The summed E-state index contributed by atoms with van der Waals surface area (Å²) < 4.78 is 43.5. The van der Waals surface area contributed by atoms with Crippen LogP contribution in [-0.2, 0) is 22.1 Å². The highest BCUT2D eigenvalue weighted by molar-refractivity contribution is 14.1. The Hall–Kier alpha value is -0.790. The van der Waals surface area contributed by atoms with Gasteiger partial charge in [-0.2, -0.15) is 13.2 Å². The fourth-order valence-corrected chi connectivity index (χ4v) is 1.99. The van der Waals surface area contributed by atoms with Gasteiger partial charge < -0.3 is 4.74 Å². The Morgan fingerprint density at radius 3 is 2.61 bits per heavy atom. The first-order valence-electron chi connectivity index (χ1n) is 5.36. The Kier molecular flexibility index (Phi) is 5.43. The molecule has 0 aliphatic carbocycles. The zero-order valence-electron chi connectivity index (χ0n) is 9.68. The van der Waals surface area contributed by atoms with E-state index in [4.69, 9.17) is 4.74 Å². The number of aryl methyl sites for hydroxylation is 1. The van der Waals surface area contributed by atoms with E-state index in [0.717, 1.165) is 6.07 Å². The van der Waals surface area contributed by atoms with Crippen LogP contribution in [0.25, 0.3) is 0 Å². The second-order valence-corrected chi connectivity index (χ2v) is 4.85. The Balaban J connectivity index is 2.85. The van der Waals surface area contributed by atoms with Gasteiger partial charge in [-0.1, -0.05) is 6.07 Å². The molecule has 0 saturated heterocycles. The lowest BCUT2D eigenvalue weighted by molar-refractivity contribution is -0.144. The summed E-state index contributed by atoms with van der Waals surface area (Å²) in [5.74, 6) is -0.482. The van der Waals surface area contributed by atoms with Crippen molar-refractivity contribution < 1.29 is 22.7 Å². The molecule has 0 spiro atoms. The first-order chi connectivity index (χ1) is 8.34. The largest absolute Gasteiger partial charge is 0.466 e. The molecule has 0 fully saturated rings. The van der Waals surface area contributed by atoms with E-state index in [0.29, 0.717) is 3.57 Å². The third kappa shape index (κ3) is 4.47. The summed E-state index contributed by atoms with van der Waals surface area (Å²) >= 11 is 1.83. The molecule has 0 saturated carbocycles. The molecule has 0 amide bonds. The number of alkyl halides is 3. The molecule has 0 heterocycles. The summed E-state index contributed by atoms with van der Waals surface area (Å²) in [5.41, 5.74) is -0.560. The van der Waals surface area contributed by atoms with Crippen LogP contribution in [0.4, 0.5) is 13.2 Å². The van der Waals surface area contributed by atoms with Crippen molar-refractivity contribution in [3.63, 3.8) is 0 Å². The van der Waals surface area contributed by atoms with Gasteiger partial charge in [0, 0.05) is 9.99 Å². The fraction of sp³-hybridized carbons (Fsp3) is 0.417. The van der Waals surface area contributed by atoms with Crippen LogP contribution in [0.2, 0.25) is 0 Å². The molecule has 1 aromatic carbocycles. The van der Waals surface area contributed by atoms with E-state index in [9.17, 15) is 18.0 Å². The highest BCUT2D eigenvalue weighted by Crippen LogP contribution is 2.33. The number of benzene rings is 1. The third-order valence-corrected chi connectivity index (χ3v) is 2.95. The Morgan fingerprint density at radius 2 is 2.06 bits per heavy atom.